The van der Waals surface area contributed by atoms with Crippen LogP contribution < -0.4 is 4.74 Å². The highest BCUT2D eigenvalue weighted by atomic mass is 16.5. The molecule has 0 heterocycles. The van der Waals surface area contributed by atoms with Crippen LogP contribution in [-0.4, -0.2) is 6.61 Å². The molecule has 0 saturated carbocycles. The number of unbranched alkanes of at least 4 members (excludes halogenated alkanes) is 1. The van der Waals surface area contributed by atoms with Crippen LogP contribution in [-0.2, 0) is 0 Å². The van der Waals surface area contributed by atoms with Crippen molar-refractivity contribution in [2.75, 3.05) is 6.61 Å². The van der Waals surface area contributed by atoms with E-state index in [9.17, 15) is 0 Å². The number of nitrogens with zero attached hydrogens (tertiary/aromatic N) is 1. The Kier molecular flexibility index (Phi) is 4.58. The van der Waals surface area contributed by atoms with Crippen LogP contribution in [0, 0.1) is 11.3 Å². The molecular formula is C17H17NO. The summed E-state index contributed by atoms with van der Waals surface area (Å²) in [4.78, 5) is 0. The van der Waals surface area contributed by atoms with Gasteiger partial charge in [-0.3, -0.25) is 0 Å². The number of hydrogen-bond donors (Lipinski definition) is 0. The second-order valence-corrected chi connectivity index (χ2v) is 4.38. The van der Waals surface area contributed by atoms with Crippen molar-refractivity contribution in [1.82, 2.24) is 0 Å². The molecule has 19 heavy (non-hydrogen) atoms. The Labute approximate surface area is 114 Å². The maximum Gasteiger partial charge on any atom is 0.119 e. The molecule has 0 aliphatic heterocycles. The highest BCUT2D eigenvalue weighted by Crippen LogP contribution is 2.25. The van der Waals surface area contributed by atoms with Crippen molar-refractivity contribution in [2.45, 2.75) is 19.8 Å². The van der Waals surface area contributed by atoms with Crippen LogP contribution >= 0.6 is 0 Å². The molecule has 2 aromatic carbocycles. The number of rotatable bonds is 5. The minimum atomic E-state index is 0.696. The molecule has 0 unspecified atom stereocenters. The van der Waals surface area contributed by atoms with Gasteiger partial charge in [-0.15, -0.1) is 0 Å². The largest absolute Gasteiger partial charge is 0.494 e. The fraction of sp³-hybridized carbons (Fsp3) is 0.235. The van der Waals surface area contributed by atoms with E-state index in [1.54, 1.807) is 0 Å². The van der Waals surface area contributed by atoms with Crippen molar-refractivity contribution >= 4 is 0 Å². The van der Waals surface area contributed by atoms with E-state index in [2.05, 4.69) is 13.0 Å². The van der Waals surface area contributed by atoms with Gasteiger partial charge in [-0.05, 0) is 35.7 Å². The van der Waals surface area contributed by atoms with E-state index in [4.69, 9.17) is 10.00 Å². The lowest BCUT2D eigenvalue weighted by molar-refractivity contribution is 0.309. The van der Waals surface area contributed by atoms with Crippen LogP contribution in [0.2, 0.25) is 0 Å². The molecule has 0 spiro atoms. The minimum Gasteiger partial charge on any atom is -0.494 e. The fourth-order valence-electron chi connectivity index (χ4n) is 1.90. The Balaban J connectivity index is 2.16. The normalized spacial score (nSPS) is 9.89. The predicted octanol–water partition coefficient (Wildman–Crippen LogP) is 4.40. The molecule has 2 rings (SSSR count). The zero-order chi connectivity index (χ0) is 13.5. The van der Waals surface area contributed by atoms with Crippen LogP contribution in [0.5, 0.6) is 5.75 Å². The molecular weight excluding hydrogens is 234 g/mol. The van der Waals surface area contributed by atoms with E-state index in [1.165, 1.54) is 0 Å². The summed E-state index contributed by atoms with van der Waals surface area (Å²) in [6.45, 7) is 2.90. The average molecular weight is 251 g/mol. The first-order valence-corrected chi connectivity index (χ1v) is 6.57. The lowest BCUT2D eigenvalue weighted by Crippen LogP contribution is -1.96. The van der Waals surface area contributed by atoms with Crippen molar-refractivity contribution in [3.05, 3.63) is 54.1 Å². The molecule has 0 atom stereocenters. The van der Waals surface area contributed by atoms with Crippen molar-refractivity contribution in [1.29, 1.82) is 5.26 Å². The first-order chi connectivity index (χ1) is 9.35. The molecule has 0 radical (unpaired) electrons. The SMILES string of the molecule is CCCCOc1ccc(-c2ccccc2C#N)cc1. The Morgan fingerprint density at radius 3 is 2.47 bits per heavy atom. The maximum atomic E-state index is 9.10. The summed E-state index contributed by atoms with van der Waals surface area (Å²) in [5.74, 6) is 0.881. The smallest absolute Gasteiger partial charge is 0.119 e. The highest BCUT2D eigenvalue weighted by molar-refractivity contribution is 5.70. The van der Waals surface area contributed by atoms with Gasteiger partial charge in [-0.25, -0.2) is 0 Å². The van der Waals surface area contributed by atoms with Gasteiger partial charge in [0, 0.05) is 0 Å². The van der Waals surface area contributed by atoms with Gasteiger partial charge < -0.3 is 4.74 Å². The van der Waals surface area contributed by atoms with E-state index < -0.39 is 0 Å². The first-order valence-electron chi connectivity index (χ1n) is 6.57. The summed E-state index contributed by atoms with van der Waals surface area (Å²) in [5.41, 5.74) is 2.70. The minimum absolute atomic E-state index is 0.696. The third-order valence-electron chi connectivity index (χ3n) is 2.98. The fourth-order valence-corrected chi connectivity index (χ4v) is 1.90. The lowest BCUT2D eigenvalue weighted by atomic mass is 10.0. The van der Waals surface area contributed by atoms with Gasteiger partial charge in [-0.1, -0.05) is 43.7 Å². The summed E-state index contributed by atoms with van der Waals surface area (Å²) in [5, 5.41) is 9.10. The van der Waals surface area contributed by atoms with Gasteiger partial charge in [0.25, 0.3) is 0 Å². The zero-order valence-electron chi connectivity index (χ0n) is 11.1. The van der Waals surface area contributed by atoms with Crippen LogP contribution in [0.1, 0.15) is 25.3 Å². The molecule has 0 aliphatic rings. The van der Waals surface area contributed by atoms with E-state index in [0.29, 0.717) is 5.56 Å². The molecule has 0 bridgehead atoms. The van der Waals surface area contributed by atoms with Gasteiger partial charge >= 0.3 is 0 Å². The predicted molar refractivity (Wildman–Crippen MR) is 77.0 cm³/mol. The van der Waals surface area contributed by atoms with Crippen molar-refractivity contribution < 1.29 is 4.74 Å². The molecule has 2 nitrogen and oxygen atoms in total. The topological polar surface area (TPSA) is 33.0 Å². The Morgan fingerprint density at radius 1 is 1.05 bits per heavy atom. The van der Waals surface area contributed by atoms with Gasteiger partial charge in [0.05, 0.1) is 18.2 Å². The maximum absolute atomic E-state index is 9.10. The average Bonchev–Trinajstić information content (AvgIpc) is 2.48. The molecule has 0 amide bonds. The Hall–Kier alpha value is -2.27. The van der Waals surface area contributed by atoms with Crippen LogP contribution in [0.4, 0.5) is 0 Å². The summed E-state index contributed by atoms with van der Waals surface area (Å²) >= 11 is 0. The van der Waals surface area contributed by atoms with Gasteiger partial charge in [0.15, 0.2) is 0 Å². The van der Waals surface area contributed by atoms with Crippen molar-refractivity contribution in [3.8, 4) is 22.9 Å². The van der Waals surface area contributed by atoms with E-state index in [1.807, 2.05) is 48.5 Å². The highest BCUT2D eigenvalue weighted by Gasteiger charge is 2.03. The Morgan fingerprint density at radius 2 is 1.79 bits per heavy atom. The molecule has 2 aromatic rings. The zero-order valence-corrected chi connectivity index (χ0v) is 11.1. The van der Waals surface area contributed by atoms with Gasteiger partial charge in [0.2, 0.25) is 0 Å². The van der Waals surface area contributed by atoms with E-state index in [0.717, 1.165) is 36.3 Å². The molecule has 96 valence electrons. The molecule has 0 N–H and O–H groups in total. The second-order valence-electron chi connectivity index (χ2n) is 4.38. The summed E-state index contributed by atoms with van der Waals surface area (Å²) in [7, 11) is 0. The van der Waals surface area contributed by atoms with Gasteiger partial charge in [-0.2, -0.15) is 5.26 Å². The van der Waals surface area contributed by atoms with Crippen LogP contribution in [0.25, 0.3) is 11.1 Å². The van der Waals surface area contributed by atoms with Crippen LogP contribution in [0.15, 0.2) is 48.5 Å². The number of hydrogen-bond acceptors (Lipinski definition) is 2. The second kappa shape index (κ2) is 6.61. The molecule has 0 saturated heterocycles. The van der Waals surface area contributed by atoms with Crippen molar-refractivity contribution in [2.24, 2.45) is 0 Å². The van der Waals surface area contributed by atoms with Gasteiger partial charge in [0.1, 0.15) is 5.75 Å². The number of nitriles is 1. The quantitative estimate of drug-likeness (QED) is 0.738. The summed E-state index contributed by atoms with van der Waals surface area (Å²) < 4.78 is 5.63. The van der Waals surface area contributed by atoms with Crippen molar-refractivity contribution in [3.63, 3.8) is 0 Å². The monoisotopic (exact) mass is 251 g/mol. The third-order valence-corrected chi connectivity index (χ3v) is 2.98. The van der Waals surface area contributed by atoms with E-state index in [-0.39, 0.29) is 0 Å². The number of benzene rings is 2. The molecule has 0 fully saturated rings. The third kappa shape index (κ3) is 3.35. The number of ether oxygens (including phenoxy) is 1. The molecule has 0 aromatic heterocycles. The molecule has 0 aliphatic carbocycles. The Bertz CT molecular complexity index is 567. The summed E-state index contributed by atoms with van der Waals surface area (Å²) in [6, 6.07) is 17.8. The summed E-state index contributed by atoms with van der Waals surface area (Å²) in [6.07, 6.45) is 2.20. The van der Waals surface area contributed by atoms with E-state index >= 15 is 0 Å². The molecule has 2 heteroatoms. The first kappa shape index (κ1) is 13.2. The van der Waals surface area contributed by atoms with Crippen LogP contribution in [0.3, 0.4) is 0 Å². The lowest BCUT2D eigenvalue weighted by Gasteiger charge is -2.07. The standard InChI is InChI=1S/C17H17NO/c1-2-3-12-19-16-10-8-14(9-11-16)17-7-5-4-6-15(17)13-18/h4-11H,2-3,12H2,1H3.